The average molecular weight is 283 g/mol. The molecule has 0 fully saturated rings. The number of nitrogens with zero attached hydrogens (tertiary/aromatic N) is 3. The van der Waals surface area contributed by atoms with Gasteiger partial charge in [0.05, 0.1) is 14.2 Å². The summed E-state index contributed by atoms with van der Waals surface area (Å²) in [6.45, 7) is 0. The standard InChI is InChI=1S/C15H13N3O3/c1-20-11-7-5-10(6-8-11)13-16-14-12(15(19)21-2)4-3-9-18(14)17-13/h3-9H,1-2H3. The van der Waals surface area contributed by atoms with E-state index in [1.54, 1.807) is 30.0 Å². The molecule has 3 aromatic rings. The maximum absolute atomic E-state index is 11.7. The predicted molar refractivity (Wildman–Crippen MR) is 76.3 cm³/mol. The SMILES string of the molecule is COC(=O)c1cccn2nc(-c3ccc(OC)cc3)nc12. The van der Waals surface area contributed by atoms with Crippen LogP contribution in [0.25, 0.3) is 17.0 Å². The molecule has 1 aromatic carbocycles. The molecule has 0 radical (unpaired) electrons. The van der Waals surface area contributed by atoms with Gasteiger partial charge in [-0.05, 0) is 36.4 Å². The maximum atomic E-state index is 11.7. The number of carbonyl (C=O) groups excluding carboxylic acids is 1. The zero-order chi connectivity index (χ0) is 14.8. The molecule has 0 N–H and O–H groups in total. The minimum Gasteiger partial charge on any atom is -0.497 e. The van der Waals surface area contributed by atoms with Crippen molar-refractivity contribution in [1.29, 1.82) is 0 Å². The summed E-state index contributed by atoms with van der Waals surface area (Å²) < 4.78 is 11.4. The number of ether oxygens (including phenoxy) is 2. The van der Waals surface area contributed by atoms with Gasteiger partial charge in [0.2, 0.25) is 0 Å². The molecule has 6 heteroatoms. The molecule has 0 aliphatic carbocycles. The van der Waals surface area contributed by atoms with E-state index in [0.717, 1.165) is 11.3 Å². The summed E-state index contributed by atoms with van der Waals surface area (Å²) in [5, 5.41) is 4.37. The van der Waals surface area contributed by atoms with E-state index < -0.39 is 5.97 Å². The molecule has 6 nitrogen and oxygen atoms in total. The largest absolute Gasteiger partial charge is 0.497 e. The Morgan fingerprint density at radius 2 is 1.90 bits per heavy atom. The van der Waals surface area contributed by atoms with Crippen LogP contribution in [0.4, 0.5) is 0 Å². The van der Waals surface area contributed by atoms with Crippen LogP contribution in [-0.2, 0) is 4.74 Å². The van der Waals surface area contributed by atoms with Crippen LogP contribution in [0.1, 0.15) is 10.4 Å². The first-order chi connectivity index (χ1) is 10.2. The van der Waals surface area contributed by atoms with E-state index in [1.807, 2.05) is 24.3 Å². The first-order valence-electron chi connectivity index (χ1n) is 6.31. The Kier molecular flexibility index (Phi) is 3.27. The molecule has 0 spiro atoms. The molecule has 0 aliphatic heterocycles. The molecule has 2 heterocycles. The second-order valence-electron chi connectivity index (χ2n) is 4.35. The van der Waals surface area contributed by atoms with Crippen molar-refractivity contribution < 1.29 is 14.3 Å². The first-order valence-corrected chi connectivity index (χ1v) is 6.31. The minimum absolute atomic E-state index is 0.382. The van der Waals surface area contributed by atoms with Crippen molar-refractivity contribution in [2.75, 3.05) is 14.2 Å². The Balaban J connectivity index is 2.10. The molecule has 0 unspecified atom stereocenters. The van der Waals surface area contributed by atoms with Gasteiger partial charge >= 0.3 is 5.97 Å². The summed E-state index contributed by atoms with van der Waals surface area (Å²) in [7, 11) is 2.95. The highest BCUT2D eigenvalue weighted by Crippen LogP contribution is 2.21. The Hall–Kier alpha value is -2.89. The van der Waals surface area contributed by atoms with Crippen LogP contribution >= 0.6 is 0 Å². The van der Waals surface area contributed by atoms with Crippen molar-refractivity contribution in [3.8, 4) is 17.1 Å². The lowest BCUT2D eigenvalue weighted by atomic mass is 10.2. The van der Waals surface area contributed by atoms with Crippen LogP contribution in [0.15, 0.2) is 42.6 Å². The van der Waals surface area contributed by atoms with Crippen molar-refractivity contribution in [3.63, 3.8) is 0 Å². The fourth-order valence-electron chi connectivity index (χ4n) is 2.04. The maximum Gasteiger partial charge on any atom is 0.341 e. The Morgan fingerprint density at radius 3 is 2.57 bits per heavy atom. The molecule has 0 saturated carbocycles. The summed E-state index contributed by atoms with van der Waals surface area (Å²) in [6, 6.07) is 10.8. The van der Waals surface area contributed by atoms with Crippen molar-refractivity contribution in [3.05, 3.63) is 48.2 Å². The number of carbonyl (C=O) groups is 1. The highest BCUT2D eigenvalue weighted by molar-refractivity contribution is 5.95. The van der Waals surface area contributed by atoms with E-state index in [4.69, 9.17) is 9.47 Å². The number of methoxy groups -OCH3 is 2. The van der Waals surface area contributed by atoms with E-state index >= 15 is 0 Å². The highest BCUT2D eigenvalue weighted by atomic mass is 16.5. The predicted octanol–water partition coefficient (Wildman–Crippen LogP) is 2.19. The summed E-state index contributed by atoms with van der Waals surface area (Å²) >= 11 is 0. The van der Waals surface area contributed by atoms with Crippen LogP contribution in [0.3, 0.4) is 0 Å². The third-order valence-corrected chi connectivity index (χ3v) is 3.12. The Labute approximate surface area is 120 Å². The third-order valence-electron chi connectivity index (χ3n) is 3.12. The van der Waals surface area contributed by atoms with Crippen LogP contribution < -0.4 is 4.74 Å². The normalized spacial score (nSPS) is 10.6. The number of esters is 1. The molecule has 0 saturated heterocycles. The van der Waals surface area contributed by atoms with Crippen LogP contribution in [0, 0.1) is 0 Å². The van der Waals surface area contributed by atoms with E-state index in [1.165, 1.54) is 7.11 Å². The molecular formula is C15H13N3O3. The fraction of sp³-hybridized carbons (Fsp3) is 0.133. The van der Waals surface area contributed by atoms with E-state index in [0.29, 0.717) is 17.0 Å². The van der Waals surface area contributed by atoms with E-state index in [2.05, 4.69) is 10.1 Å². The lowest BCUT2D eigenvalue weighted by Gasteiger charge is -1.99. The van der Waals surface area contributed by atoms with Crippen LogP contribution in [0.2, 0.25) is 0 Å². The van der Waals surface area contributed by atoms with Crippen molar-refractivity contribution >= 4 is 11.6 Å². The number of aromatic nitrogens is 3. The molecule has 3 rings (SSSR count). The fourth-order valence-corrected chi connectivity index (χ4v) is 2.04. The number of hydrogen-bond donors (Lipinski definition) is 0. The molecule has 106 valence electrons. The van der Waals surface area contributed by atoms with Gasteiger partial charge in [-0.2, -0.15) is 0 Å². The van der Waals surface area contributed by atoms with Crippen molar-refractivity contribution in [1.82, 2.24) is 14.6 Å². The molecular weight excluding hydrogens is 270 g/mol. The number of pyridine rings is 1. The van der Waals surface area contributed by atoms with E-state index in [9.17, 15) is 4.79 Å². The first kappa shape index (κ1) is 13.1. The summed E-state index contributed by atoms with van der Waals surface area (Å²) in [5.74, 6) is 0.862. The summed E-state index contributed by atoms with van der Waals surface area (Å²) in [6.07, 6.45) is 1.74. The van der Waals surface area contributed by atoms with Gasteiger partial charge in [-0.3, -0.25) is 0 Å². The minimum atomic E-state index is -0.436. The quantitative estimate of drug-likeness (QED) is 0.689. The molecule has 2 aromatic heterocycles. The van der Waals surface area contributed by atoms with Gasteiger partial charge < -0.3 is 9.47 Å². The number of hydrogen-bond acceptors (Lipinski definition) is 5. The summed E-state index contributed by atoms with van der Waals surface area (Å²) in [4.78, 5) is 16.2. The highest BCUT2D eigenvalue weighted by Gasteiger charge is 2.15. The molecule has 0 amide bonds. The average Bonchev–Trinajstić information content (AvgIpc) is 2.98. The lowest BCUT2D eigenvalue weighted by Crippen LogP contribution is -2.04. The Bertz CT molecular complexity index is 794. The van der Waals surface area contributed by atoms with E-state index in [-0.39, 0.29) is 0 Å². The van der Waals surface area contributed by atoms with Gasteiger partial charge in [-0.25, -0.2) is 14.3 Å². The Morgan fingerprint density at radius 1 is 1.14 bits per heavy atom. The van der Waals surface area contributed by atoms with Gasteiger partial charge in [0.25, 0.3) is 0 Å². The molecule has 0 atom stereocenters. The molecule has 0 bridgehead atoms. The van der Waals surface area contributed by atoms with Gasteiger partial charge in [0.15, 0.2) is 11.5 Å². The third kappa shape index (κ3) is 2.31. The number of fused-ring (bicyclic) bond motifs is 1. The smallest absolute Gasteiger partial charge is 0.341 e. The van der Waals surface area contributed by atoms with Gasteiger partial charge in [0.1, 0.15) is 11.3 Å². The van der Waals surface area contributed by atoms with Crippen LogP contribution in [-0.4, -0.2) is 34.8 Å². The second-order valence-corrected chi connectivity index (χ2v) is 4.35. The lowest BCUT2D eigenvalue weighted by molar-refractivity contribution is 0.0602. The van der Waals surface area contributed by atoms with Crippen molar-refractivity contribution in [2.24, 2.45) is 0 Å². The second kappa shape index (κ2) is 5.24. The number of rotatable bonds is 3. The number of benzene rings is 1. The van der Waals surface area contributed by atoms with Gasteiger partial charge in [0, 0.05) is 11.8 Å². The van der Waals surface area contributed by atoms with Crippen LogP contribution in [0.5, 0.6) is 5.75 Å². The summed E-state index contributed by atoms with van der Waals surface area (Å²) in [5.41, 5.74) is 1.69. The van der Waals surface area contributed by atoms with Gasteiger partial charge in [-0.1, -0.05) is 0 Å². The molecule has 0 aliphatic rings. The van der Waals surface area contributed by atoms with Gasteiger partial charge in [-0.15, -0.1) is 5.10 Å². The zero-order valence-corrected chi connectivity index (χ0v) is 11.6. The van der Waals surface area contributed by atoms with Crippen molar-refractivity contribution in [2.45, 2.75) is 0 Å². The monoisotopic (exact) mass is 283 g/mol. The molecule has 21 heavy (non-hydrogen) atoms. The zero-order valence-electron chi connectivity index (χ0n) is 11.6. The topological polar surface area (TPSA) is 65.7 Å².